The molecule has 156 valence electrons. The van der Waals surface area contributed by atoms with Gasteiger partial charge < -0.3 is 20.6 Å². The fourth-order valence-electron chi connectivity index (χ4n) is 3.28. The molecule has 1 atom stereocenters. The van der Waals surface area contributed by atoms with Crippen LogP contribution in [0.4, 0.5) is 0 Å². The lowest BCUT2D eigenvalue weighted by atomic mass is 10.0. The number of aliphatic carboxylic acids is 1. The van der Waals surface area contributed by atoms with Gasteiger partial charge in [-0.2, -0.15) is 0 Å². The van der Waals surface area contributed by atoms with Crippen LogP contribution in [0.25, 0.3) is 22.4 Å². The van der Waals surface area contributed by atoms with Crippen LogP contribution in [0.15, 0.2) is 85.1 Å². The summed E-state index contributed by atoms with van der Waals surface area (Å²) in [5.41, 5.74) is 11.0. The molecule has 0 aliphatic rings. The van der Waals surface area contributed by atoms with Crippen LogP contribution in [0.1, 0.15) is 23.9 Å². The Hall–Kier alpha value is -3.90. The number of aromatic amines is 1. The lowest BCUT2D eigenvalue weighted by Crippen LogP contribution is -2.16. The van der Waals surface area contributed by atoms with Gasteiger partial charge in [0.1, 0.15) is 18.2 Å². The molecule has 0 fully saturated rings. The Kier molecular flexibility index (Phi) is 6.10. The van der Waals surface area contributed by atoms with Crippen LogP contribution < -0.4 is 10.5 Å². The molecule has 6 heteroatoms. The summed E-state index contributed by atoms with van der Waals surface area (Å²) in [5.74, 6) is 0.261. The Bertz CT molecular complexity index is 1140. The molecule has 0 amide bonds. The third kappa shape index (κ3) is 5.18. The van der Waals surface area contributed by atoms with Gasteiger partial charge in [-0.3, -0.25) is 4.79 Å². The van der Waals surface area contributed by atoms with Crippen molar-refractivity contribution in [1.29, 1.82) is 0 Å². The van der Waals surface area contributed by atoms with Crippen LogP contribution in [0.3, 0.4) is 0 Å². The SMILES string of the molecule is NC(CC(=O)O)c1ncc(-c2ccc(OCc3ccc(-c4ccccc4)cc3)cc2)[nH]1. The van der Waals surface area contributed by atoms with Crippen LogP contribution in [0, 0.1) is 0 Å². The van der Waals surface area contributed by atoms with E-state index in [4.69, 9.17) is 15.6 Å². The van der Waals surface area contributed by atoms with Gasteiger partial charge in [0.15, 0.2) is 0 Å². The lowest BCUT2D eigenvalue weighted by Gasteiger charge is -2.08. The largest absolute Gasteiger partial charge is 0.489 e. The first kappa shape index (κ1) is 20.4. The summed E-state index contributed by atoms with van der Waals surface area (Å²) in [6.45, 7) is 0.479. The van der Waals surface area contributed by atoms with Crippen molar-refractivity contribution in [2.75, 3.05) is 0 Å². The fourth-order valence-corrected chi connectivity index (χ4v) is 3.28. The van der Waals surface area contributed by atoms with Gasteiger partial charge >= 0.3 is 5.97 Å². The van der Waals surface area contributed by atoms with Crippen molar-refractivity contribution in [2.45, 2.75) is 19.1 Å². The Morgan fingerprint density at radius 1 is 0.935 bits per heavy atom. The summed E-state index contributed by atoms with van der Waals surface area (Å²) >= 11 is 0. The predicted molar refractivity (Wildman–Crippen MR) is 119 cm³/mol. The van der Waals surface area contributed by atoms with Gasteiger partial charge in [0.05, 0.1) is 24.4 Å². The highest BCUT2D eigenvalue weighted by atomic mass is 16.5. The number of nitrogens with zero attached hydrogens (tertiary/aromatic N) is 1. The van der Waals surface area contributed by atoms with Gasteiger partial charge in [-0.25, -0.2) is 4.98 Å². The Morgan fingerprint density at radius 3 is 2.26 bits per heavy atom. The fraction of sp³-hybridized carbons (Fsp3) is 0.120. The zero-order valence-electron chi connectivity index (χ0n) is 16.9. The number of nitrogens with two attached hydrogens (primary N) is 1. The van der Waals surface area contributed by atoms with Crippen LogP contribution in [0.2, 0.25) is 0 Å². The topological polar surface area (TPSA) is 101 Å². The number of hydrogen-bond donors (Lipinski definition) is 3. The van der Waals surface area contributed by atoms with E-state index in [0.717, 1.165) is 22.6 Å². The van der Waals surface area contributed by atoms with Gasteiger partial charge in [-0.1, -0.05) is 54.6 Å². The van der Waals surface area contributed by atoms with E-state index in [2.05, 4.69) is 46.4 Å². The highest BCUT2D eigenvalue weighted by molar-refractivity contribution is 5.68. The normalized spacial score (nSPS) is 11.8. The van der Waals surface area contributed by atoms with Gasteiger partial charge in [0.2, 0.25) is 0 Å². The molecule has 0 saturated heterocycles. The van der Waals surface area contributed by atoms with Gasteiger partial charge in [0, 0.05) is 0 Å². The molecule has 0 saturated carbocycles. The van der Waals surface area contributed by atoms with Crippen molar-refractivity contribution >= 4 is 5.97 Å². The second kappa shape index (κ2) is 9.28. The highest BCUT2D eigenvalue weighted by Crippen LogP contribution is 2.24. The summed E-state index contributed by atoms with van der Waals surface area (Å²) < 4.78 is 5.90. The molecular weight excluding hydrogens is 390 g/mol. The molecule has 1 heterocycles. The monoisotopic (exact) mass is 413 g/mol. The number of imidazole rings is 1. The standard InChI is InChI=1S/C25H23N3O3/c26-22(14-24(29)30)25-27-15-23(28-25)20-10-12-21(13-11-20)31-16-17-6-8-19(9-7-17)18-4-2-1-3-5-18/h1-13,15,22H,14,16,26H2,(H,27,28)(H,29,30). The van der Waals surface area contributed by atoms with E-state index in [1.807, 2.05) is 42.5 Å². The molecule has 31 heavy (non-hydrogen) atoms. The smallest absolute Gasteiger partial charge is 0.305 e. The molecule has 1 unspecified atom stereocenters. The first-order valence-electron chi connectivity index (χ1n) is 9.98. The number of aromatic nitrogens is 2. The maximum Gasteiger partial charge on any atom is 0.305 e. The van der Waals surface area contributed by atoms with E-state index in [-0.39, 0.29) is 6.42 Å². The maximum atomic E-state index is 10.8. The Balaban J connectivity index is 1.36. The predicted octanol–water partition coefficient (Wildman–Crippen LogP) is 4.80. The number of carboxylic acids is 1. The molecule has 4 rings (SSSR count). The quantitative estimate of drug-likeness (QED) is 0.385. The van der Waals surface area contributed by atoms with E-state index >= 15 is 0 Å². The van der Waals surface area contributed by atoms with Gasteiger partial charge in [0.25, 0.3) is 0 Å². The molecule has 4 aromatic rings. The second-order valence-corrected chi connectivity index (χ2v) is 7.26. The van der Waals surface area contributed by atoms with Gasteiger partial charge in [-0.15, -0.1) is 0 Å². The zero-order chi connectivity index (χ0) is 21.6. The Morgan fingerprint density at radius 2 is 1.58 bits per heavy atom. The van der Waals surface area contributed by atoms with Crippen LogP contribution in [-0.2, 0) is 11.4 Å². The van der Waals surface area contributed by atoms with E-state index < -0.39 is 12.0 Å². The molecule has 0 radical (unpaired) electrons. The number of hydrogen-bond acceptors (Lipinski definition) is 4. The molecule has 0 aliphatic heterocycles. The number of ether oxygens (including phenoxy) is 1. The van der Waals surface area contributed by atoms with Crippen molar-refractivity contribution in [1.82, 2.24) is 9.97 Å². The molecule has 0 spiro atoms. The average molecular weight is 413 g/mol. The molecular formula is C25H23N3O3. The van der Waals surface area contributed by atoms with Crippen LogP contribution >= 0.6 is 0 Å². The van der Waals surface area contributed by atoms with E-state index in [1.165, 1.54) is 11.1 Å². The van der Waals surface area contributed by atoms with E-state index in [0.29, 0.717) is 12.4 Å². The minimum absolute atomic E-state index is 0.175. The van der Waals surface area contributed by atoms with Crippen LogP contribution in [0.5, 0.6) is 5.75 Å². The third-order valence-corrected chi connectivity index (χ3v) is 4.97. The van der Waals surface area contributed by atoms with Crippen molar-refractivity contribution in [3.63, 3.8) is 0 Å². The first-order chi connectivity index (χ1) is 15.1. The summed E-state index contributed by atoms with van der Waals surface area (Å²) in [4.78, 5) is 18.1. The zero-order valence-corrected chi connectivity index (χ0v) is 16.9. The number of carbonyl (C=O) groups is 1. The minimum atomic E-state index is -0.957. The number of H-pyrrole nitrogens is 1. The molecule has 6 nitrogen and oxygen atoms in total. The third-order valence-electron chi connectivity index (χ3n) is 4.97. The van der Waals surface area contributed by atoms with Crippen molar-refractivity contribution in [3.8, 4) is 28.1 Å². The number of rotatable bonds is 8. The molecule has 4 N–H and O–H groups in total. The summed E-state index contributed by atoms with van der Waals surface area (Å²) in [6, 6.07) is 25.6. The molecule has 3 aromatic carbocycles. The molecule has 0 aliphatic carbocycles. The molecule has 0 bridgehead atoms. The molecule has 1 aromatic heterocycles. The number of carboxylic acid groups (broad SMARTS) is 1. The minimum Gasteiger partial charge on any atom is -0.489 e. The summed E-state index contributed by atoms with van der Waals surface area (Å²) in [5, 5.41) is 8.86. The highest BCUT2D eigenvalue weighted by Gasteiger charge is 2.14. The van der Waals surface area contributed by atoms with E-state index in [9.17, 15) is 4.79 Å². The Labute approximate surface area is 180 Å². The average Bonchev–Trinajstić information content (AvgIpc) is 3.29. The lowest BCUT2D eigenvalue weighted by molar-refractivity contribution is -0.137. The first-order valence-corrected chi connectivity index (χ1v) is 9.98. The van der Waals surface area contributed by atoms with Gasteiger partial charge in [-0.05, 0) is 46.5 Å². The van der Waals surface area contributed by atoms with Crippen LogP contribution in [-0.4, -0.2) is 21.0 Å². The van der Waals surface area contributed by atoms with Crippen molar-refractivity contribution < 1.29 is 14.6 Å². The van der Waals surface area contributed by atoms with Crippen molar-refractivity contribution in [3.05, 3.63) is 96.4 Å². The summed E-state index contributed by atoms with van der Waals surface area (Å²) in [6.07, 6.45) is 1.48. The number of benzene rings is 3. The second-order valence-electron chi connectivity index (χ2n) is 7.26. The maximum absolute atomic E-state index is 10.8. The van der Waals surface area contributed by atoms with E-state index in [1.54, 1.807) is 6.20 Å². The summed E-state index contributed by atoms with van der Waals surface area (Å²) in [7, 11) is 0. The number of nitrogens with one attached hydrogen (secondary N) is 1. The van der Waals surface area contributed by atoms with Crippen molar-refractivity contribution in [2.24, 2.45) is 5.73 Å².